The average molecular weight is 994 g/mol. The normalized spacial score (nSPS) is 23.0. The maximum Gasteiger partial charge on any atom is 0.251 e. The minimum Gasteiger partial charge on any atom is -0.489 e. The molecule has 0 unspecified atom stereocenters. The number of hydrogen-bond acceptors (Lipinski definition) is 12. The molecule has 372 valence electrons. The number of nitrogens with zero attached hydrogens (tertiary/aromatic N) is 5. The number of aliphatic hydroxyl groups is 1. The molecule has 4 aromatic rings. The van der Waals surface area contributed by atoms with Crippen LogP contribution >= 0.6 is 22.9 Å². The van der Waals surface area contributed by atoms with Crippen molar-refractivity contribution < 1.29 is 33.8 Å². The van der Waals surface area contributed by atoms with Crippen LogP contribution < -0.4 is 20.7 Å². The summed E-state index contributed by atoms with van der Waals surface area (Å²) in [6, 6.07) is 20.7. The minimum absolute atomic E-state index is 0.00844. The molecule has 1 saturated carbocycles. The van der Waals surface area contributed by atoms with Gasteiger partial charge in [-0.1, -0.05) is 75.7 Å². The minimum atomic E-state index is -0.874. The zero-order chi connectivity index (χ0) is 49.9. The Hall–Kier alpha value is -5.41. The monoisotopic (exact) mass is 992 g/mol. The van der Waals surface area contributed by atoms with Crippen molar-refractivity contribution >= 4 is 46.6 Å². The molecule has 4 atom stereocenters. The third-order valence-corrected chi connectivity index (χ3v) is 16.1. The number of β-amino-alcohol motifs (C(OH)–C–C–N with tert-alkyl or cyclic N) is 1. The topological polar surface area (TPSA) is 189 Å². The molecule has 3 saturated heterocycles. The number of piperazine rings is 1. The fourth-order valence-corrected chi connectivity index (χ4v) is 12.0. The van der Waals surface area contributed by atoms with Crippen molar-refractivity contribution in [1.82, 2.24) is 35.6 Å². The predicted octanol–water partition coefficient (Wildman–Crippen LogP) is 5.78. The molecule has 0 radical (unpaired) electrons. The molecule has 4 N–H and O–H groups in total. The molecule has 0 bridgehead atoms. The zero-order valence-corrected chi connectivity index (χ0v) is 42.4. The molecule has 15 nitrogen and oxygen atoms in total. The number of rotatable bonds is 17. The Labute approximate surface area is 419 Å². The Kier molecular flexibility index (Phi) is 15.7. The van der Waals surface area contributed by atoms with Crippen molar-refractivity contribution in [3.05, 3.63) is 105 Å². The summed E-state index contributed by atoms with van der Waals surface area (Å²) in [5.74, 6) is -0.758. The lowest BCUT2D eigenvalue weighted by Gasteiger charge is -2.63. The standard InChI is InChI=1S/C53H65ClN8O7S/c1-32(35-13-15-36(16-14-35)46-33(2)56-31-70-46)57-48(66)43-24-40(63)27-62(43)49(67)45(39-29-68-30-39)58-44(64)28-61-22-20-60(21-23-61)19-7-8-34-9-11-37(12-10-34)47(65)59-50-52(3,4)51(53(50,5)6)69-41-18-17-38(26-55)42(54)25-41/h9-18,25,31-32,39-40,43,45,50-51,63H,7-8,19-24,27-30H2,1-6H3,(H,57,66)(H,58,64)(H,59,65)/t32-,40+,43-,45-,50?,51?/m0/s1. The van der Waals surface area contributed by atoms with Gasteiger partial charge in [-0.2, -0.15) is 5.26 Å². The molecule has 4 aliphatic rings. The van der Waals surface area contributed by atoms with Crippen LogP contribution in [0.15, 0.2) is 72.2 Å². The first-order valence-corrected chi connectivity index (χ1v) is 25.6. The quantitative estimate of drug-likeness (QED) is 0.101. The summed E-state index contributed by atoms with van der Waals surface area (Å²) >= 11 is 7.84. The molecule has 3 aliphatic heterocycles. The first-order valence-electron chi connectivity index (χ1n) is 24.3. The number of nitriles is 1. The van der Waals surface area contributed by atoms with E-state index in [1.165, 1.54) is 4.90 Å². The van der Waals surface area contributed by atoms with E-state index in [-0.39, 0.29) is 78.1 Å². The van der Waals surface area contributed by atoms with Gasteiger partial charge in [0.2, 0.25) is 17.7 Å². The number of aliphatic hydroxyl groups excluding tert-OH is 1. The first-order chi connectivity index (χ1) is 33.4. The highest BCUT2D eigenvalue weighted by molar-refractivity contribution is 7.13. The fourth-order valence-electron chi connectivity index (χ4n) is 10.9. The van der Waals surface area contributed by atoms with Gasteiger partial charge < -0.3 is 40.3 Å². The van der Waals surface area contributed by atoms with Gasteiger partial charge in [0, 0.05) is 73.6 Å². The van der Waals surface area contributed by atoms with E-state index in [1.807, 2.05) is 67.9 Å². The molecule has 17 heteroatoms. The SMILES string of the molecule is Cc1ncsc1-c1ccc([C@H](C)NC(=O)[C@@H]2C[C@@H](O)CN2C(=O)[C@@H](NC(=O)CN2CCN(CCCc3ccc(C(=O)NC4C(C)(C)C(Oc5ccc(C#N)c(Cl)c5)C4(C)C)cc3)CC2)C2COC2)cc1. The van der Waals surface area contributed by atoms with E-state index in [4.69, 9.17) is 21.1 Å². The first kappa shape index (κ1) is 51.0. The van der Waals surface area contributed by atoms with Crippen LogP contribution in [0, 0.1) is 35.0 Å². The van der Waals surface area contributed by atoms with E-state index in [0.29, 0.717) is 48.2 Å². The summed E-state index contributed by atoms with van der Waals surface area (Å²) < 4.78 is 11.8. The molecular weight excluding hydrogens is 928 g/mol. The molecule has 4 heterocycles. The number of benzene rings is 3. The van der Waals surface area contributed by atoms with E-state index in [1.54, 1.807) is 29.5 Å². The zero-order valence-electron chi connectivity index (χ0n) is 40.9. The van der Waals surface area contributed by atoms with Gasteiger partial charge in [0.05, 0.1) is 58.6 Å². The number of nitrogens with one attached hydrogen (secondary N) is 3. The Bertz CT molecular complexity index is 2550. The van der Waals surface area contributed by atoms with Gasteiger partial charge in [-0.3, -0.25) is 24.1 Å². The van der Waals surface area contributed by atoms with E-state index >= 15 is 0 Å². The van der Waals surface area contributed by atoms with Crippen LogP contribution in [0.4, 0.5) is 0 Å². The van der Waals surface area contributed by atoms with Crippen molar-refractivity contribution in [2.45, 2.75) is 97.2 Å². The Morgan fingerprint density at radius 3 is 2.27 bits per heavy atom. The number of hydrogen-bond donors (Lipinski definition) is 4. The molecule has 4 amide bonds. The van der Waals surface area contributed by atoms with Gasteiger partial charge in [0.25, 0.3) is 5.91 Å². The Balaban J connectivity index is 0.759. The number of halogens is 1. The van der Waals surface area contributed by atoms with Crippen LogP contribution in [0.25, 0.3) is 10.4 Å². The van der Waals surface area contributed by atoms with Crippen molar-refractivity contribution in [3.8, 4) is 22.3 Å². The lowest BCUT2D eigenvalue weighted by atomic mass is 9.49. The van der Waals surface area contributed by atoms with E-state index < -0.39 is 18.2 Å². The number of aromatic nitrogens is 1. The number of amides is 4. The number of carbonyl (C=O) groups excluding carboxylic acids is 4. The summed E-state index contributed by atoms with van der Waals surface area (Å²) in [4.78, 5) is 66.3. The van der Waals surface area contributed by atoms with Crippen LogP contribution in [0.5, 0.6) is 5.75 Å². The van der Waals surface area contributed by atoms with Crippen LogP contribution in [-0.2, 0) is 25.5 Å². The third kappa shape index (κ3) is 11.2. The number of likely N-dealkylation sites (tertiary alicyclic amines) is 1. The summed E-state index contributed by atoms with van der Waals surface area (Å²) in [6.07, 6.45) is 0.868. The third-order valence-electron chi connectivity index (χ3n) is 14.8. The maximum absolute atomic E-state index is 14.2. The van der Waals surface area contributed by atoms with Gasteiger partial charge in [-0.15, -0.1) is 11.3 Å². The average Bonchev–Trinajstić information content (AvgIpc) is 3.94. The van der Waals surface area contributed by atoms with E-state index in [0.717, 1.165) is 59.7 Å². The van der Waals surface area contributed by atoms with Gasteiger partial charge in [0.1, 0.15) is 30.0 Å². The van der Waals surface area contributed by atoms with Crippen molar-refractivity contribution in [3.63, 3.8) is 0 Å². The Morgan fingerprint density at radius 1 is 0.971 bits per heavy atom. The van der Waals surface area contributed by atoms with Gasteiger partial charge in [-0.25, -0.2) is 4.98 Å². The van der Waals surface area contributed by atoms with Crippen LogP contribution in [0.3, 0.4) is 0 Å². The summed E-state index contributed by atoms with van der Waals surface area (Å²) in [7, 11) is 0. The summed E-state index contributed by atoms with van der Waals surface area (Å²) in [5.41, 5.74) is 6.17. The predicted molar refractivity (Wildman–Crippen MR) is 268 cm³/mol. The summed E-state index contributed by atoms with van der Waals surface area (Å²) in [5, 5.41) is 29.6. The largest absolute Gasteiger partial charge is 0.489 e. The molecule has 1 aromatic heterocycles. The second-order valence-electron chi connectivity index (χ2n) is 20.6. The highest BCUT2D eigenvalue weighted by Crippen LogP contribution is 2.55. The van der Waals surface area contributed by atoms with Crippen LogP contribution in [0.2, 0.25) is 5.02 Å². The lowest BCUT2D eigenvalue weighted by Crippen LogP contribution is -2.74. The Morgan fingerprint density at radius 2 is 1.66 bits per heavy atom. The number of carbonyl (C=O) groups is 4. The molecule has 0 spiro atoms. The summed E-state index contributed by atoms with van der Waals surface area (Å²) in [6.45, 7) is 17.0. The van der Waals surface area contributed by atoms with E-state index in [2.05, 4.69) is 64.5 Å². The fraction of sp³-hybridized carbons (Fsp3) is 0.509. The second-order valence-corrected chi connectivity index (χ2v) is 21.8. The molecule has 70 heavy (non-hydrogen) atoms. The second kappa shape index (κ2) is 21.5. The van der Waals surface area contributed by atoms with Gasteiger partial charge in [-0.05, 0) is 74.2 Å². The number of aryl methyl sites for hydroxylation is 2. The molecular formula is C53H65ClN8O7S. The molecule has 1 aliphatic carbocycles. The highest BCUT2D eigenvalue weighted by Gasteiger charge is 2.64. The maximum atomic E-state index is 14.2. The number of ether oxygens (including phenoxy) is 2. The van der Waals surface area contributed by atoms with Gasteiger partial charge in [0.15, 0.2) is 0 Å². The number of thiazole rings is 1. The molecule has 8 rings (SSSR count). The van der Waals surface area contributed by atoms with Crippen molar-refractivity contribution in [2.75, 3.05) is 59.0 Å². The van der Waals surface area contributed by atoms with Crippen molar-refractivity contribution in [1.29, 1.82) is 5.26 Å². The van der Waals surface area contributed by atoms with Gasteiger partial charge >= 0.3 is 0 Å². The van der Waals surface area contributed by atoms with Crippen molar-refractivity contribution in [2.24, 2.45) is 16.7 Å². The highest BCUT2D eigenvalue weighted by atomic mass is 35.5. The smallest absolute Gasteiger partial charge is 0.251 e. The van der Waals surface area contributed by atoms with Crippen LogP contribution in [-0.4, -0.2) is 138 Å². The molecule has 4 fully saturated rings. The lowest BCUT2D eigenvalue weighted by molar-refractivity contribution is -0.164. The molecule has 3 aromatic carbocycles. The van der Waals surface area contributed by atoms with E-state index in [9.17, 15) is 29.5 Å². The van der Waals surface area contributed by atoms with Crippen LogP contribution in [0.1, 0.15) is 86.2 Å².